The maximum Gasteiger partial charge on any atom is 0.387 e. The zero-order chi connectivity index (χ0) is 14.6. The van der Waals surface area contributed by atoms with Gasteiger partial charge in [0, 0.05) is 17.5 Å². The van der Waals surface area contributed by atoms with Crippen LogP contribution in [0.4, 0.5) is 8.78 Å². The molecule has 0 aliphatic carbocycles. The van der Waals surface area contributed by atoms with Crippen LogP contribution in [0.25, 0.3) is 0 Å². The number of carboxylic acid groups (broad SMARTS) is 1. The molecule has 5 nitrogen and oxygen atoms in total. The van der Waals surface area contributed by atoms with Crippen LogP contribution >= 0.6 is 0 Å². The zero-order valence-electron chi connectivity index (χ0n) is 9.97. The van der Waals surface area contributed by atoms with Crippen LogP contribution in [0.1, 0.15) is 24.2 Å². The van der Waals surface area contributed by atoms with Crippen LogP contribution in [-0.2, 0) is 16.0 Å². The molecule has 0 bridgehead atoms. The molecule has 0 spiro atoms. The summed E-state index contributed by atoms with van der Waals surface area (Å²) in [5.74, 6) is -2.37. The minimum atomic E-state index is -3.19. The molecule has 0 amide bonds. The number of carbonyl (C=O) groups is 2. The van der Waals surface area contributed by atoms with E-state index in [2.05, 4.69) is 4.74 Å². The molecule has 0 fully saturated rings. The van der Waals surface area contributed by atoms with Crippen molar-refractivity contribution in [1.82, 2.24) is 0 Å². The number of carbonyl (C=O) groups excluding carboxylic acids is 1. The van der Waals surface area contributed by atoms with Crippen LogP contribution in [0.5, 0.6) is 5.75 Å². The number of aliphatic carboxylic acids is 1. The predicted molar refractivity (Wildman–Crippen MR) is 60.1 cm³/mol. The Balaban J connectivity index is 3.28. The van der Waals surface area contributed by atoms with E-state index in [0.717, 1.165) is 6.07 Å². The van der Waals surface area contributed by atoms with Crippen LogP contribution in [0.15, 0.2) is 18.2 Å². The first kappa shape index (κ1) is 15.0. The molecule has 0 aromatic heterocycles. The lowest BCUT2D eigenvalue weighted by Crippen LogP contribution is -2.15. The summed E-state index contributed by atoms with van der Waals surface area (Å²) in [6.45, 7) is -1.93. The third-order valence-electron chi connectivity index (χ3n) is 2.30. The number of alkyl halides is 2. The lowest BCUT2D eigenvalue weighted by atomic mass is 10.0. The quantitative estimate of drug-likeness (QED) is 0.822. The number of Topliss-reactive ketones (excluding diaryl/α,β-unsaturated/α-hetero) is 1. The van der Waals surface area contributed by atoms with Gasteiger partial charge in [0.15, 0.2) is 6.10 Å². The summed E-state index contributed by atoms with van der Waals surface area (Å²) in [6.07, 6.45) is -2.19. The minimum Gasteiger partial charge on any atom is -0.479 e. The highest BCUT2D eigenvalue weighted by Crippen LogP contribution is 2.31. The molecule has 0 aliphatic rings. The fourth-order valence-electron chi connectivity index (χ4n) is 1.59. The predicted octanol–water partition coefficient (Wildman–Crippen LogP) is 1.54. The summed E-state index contributed by atoms with van der Waals surface area (Å²) in [5.41, 5.74) is -0.211. The van der Waals surface area contributed by atoms with Gasteiger partial charge >= 0.3 is 12.6 Å². The number of para-hydroxylation sites is 1. The monoisotopic (exact) mass is 274 g/mol. The van der Waals surface area contributed by atoms with Gasteiger partial charge in [0.25, 0.3) is 0 Å². The van der Waals surface area contributed by atoms with Gasteiger partial charge in [-0.15, -0.1) is 0 Å². The fraction of sp³-hybridized carbons (Fsp3) is 0.333. The van der Waals surface area contributed by atoms with E-state index in [1.165, 1.54) is 19.1 Å². The molecule has 0 aliphatic heterocycles. The van der Waals surface area contributed by atoms with Crippen molar-refractivity contribution in [3.63, 3.8) is 0 Å². The van der Waals surface area contributed by atoms with Gasteiger partial charge in [0.05, 0.1) is 0 Å². The summed E-state index contributed by atoms with van der Waals surface area (Å²) in [6, 6.07) is 3.87. The van der Waals surface area contributed by atoms with Crippen LogP contribution in [0, 0.1) is 0 Å². The molecular weight excluding hydrogens is 262 g/mol. The van der Waals surface area contributed by atoms with Crippen molar-refractivity contribution in [2.24, 2.45) is 0 Å². The third kappa shape index (κ3) is 3.99. The zero-order valence-corrected chi connectivity index (χ0v) is 9.97. The largest absolute Gasteiger partial charge is 0.479 e. The van der Waals surface area contributed by atoms with Crippen LogP contribution in [0.2, 0.25) is 0 Å². The van der Waals surface area contributed by atoms with Gasteiger partial charge in [0.1, 0.15) is 11.5 Å². The Morgan fingerprint density at radius 3 is 2.47 bits per heavy atom. The normalized spacial score (nSPS) is 12.3. The Morgan fingerprint density at radius 1 is 1.37 bits per heavy atom. The number of hydrogen-bond acceptors (Lipinski definition) is 4. The van der Waals surface area contributed by atoms with Crippen molar-refractivity contribution in [3.8, 4) is 5.75 Å². The molecule has 7 heteroatoms. The van der Waals surface area contributed by atoms with Gasteiger partial charge in [-0.3, -0.25) is 4.79 Å². The van der Waals surface area contributed by atoms with E-state index in [1.807, 2.05) is 0 Å². The number of ether oxygens (including phenoxy) is 1. The van der Waals surface area contributed by atoms with Gasteiger partial charge in [0.2, 0.25) is 0 Å². The third-order valence-corrected chi connectivity index (χ3v) is 2.30. The van der Waals surface area contributed by atoms with Crippen molar-refractivity contribution in [2.75, 3.05) is 0 Å². The number of aliphatic hydroxyl groups is 1. The lowest BCUT2D eigenvalue weighted by Gasteiger charge is -2.16. The molecule has 1 atom stereocenters. The van der Waals surface area contributed by atoms with E-state index in [1.54, 1.807) is 0 Å². The van der Waals surface area contributed by atoms with Crippen LogP contribution in [0.3, 0.4) is 0 Å². The highest BCUT2D eigenvalue weighted by molar-refractivity contribution is 5.80. The molecule has 19 heavy (non-hydrogen) atoms. The highest BCUT2D eigenvalue weighted by Gasteiger charge is 2.24. The molecule has 0 radical (unpaired) electrons. The first-order valence-electron chi connectivity index (χ1n) is 5.29. The number of carboxylic acids is 1. The second kappa shape index (κ2) is 6.24. The first-order chi connectivity index (χ1) is 8.82. The van der Waals surface area contributed by atoms with Crippen molar-refractivity contribution >= 4 is 11.8 Å². The Bertz CT molecular complexity index is 487. The number of benzene rings is 1. The Hall–Kier alpha value is -2.02. The second-order valence-electron chi connectivity index (χ2n) is 3.83. The maximum atomic E-state index is 12.3. The Morgan fingerprint density at radius 2 is 2.00 bits per heavy atom. The highest BCUT2D eigenvalue weighted by atomic mass is 19.3. The molecule has 2 N–H and O–H groups in total. The molecule has 0 heterocycles. The molecule has 104 valence electrons. The number of rotatable bonds is 6. The van der Waals surface area contributed by atoms with Gasteiger partial charge in [-0.25, -0.2) is 4.79 Å². The van der Waals surface area contributed by atoms with Gasteiger partial charge in [-0.05, 0) is 6.92 Å². The van der Waals surface area contributed by atoms with E-state index in [9.17, 15) is 23.5 Å². The van der Waals surface area contributed by atoms with Crippen LogP contribution in [-0.4, -0.2) is 28.6 Å². The molecule has 0 saturated heterocycles. The number of ketones is 1. The molecule has 0 saturated carbocycles. The van der Waals surface area contributed by atoms with E-state index in [0.29, 0.717) is 0 Å². The Labute approximate surface area is 107 Å². The second-order valence-corrected chi connectivity index (χ2v) is 3.83. The number of hydrogen-bond donors (Lipinski definition) is 2. The smallest absolute Gasteiger partial charge is 0.387 e. The molecule has 1 aromatic carbocycles. The van der Waals surface area contributed by atoms with E-state index < -0.39 is 24.4 Å². The maximum absolute atomic E-state index is 12.3. The molecule has 1 aromatic rings. The first-order valence-corrected chi connectivity index (χ1v) is 5.29. The van der Waals surface area contributed by atoms with Crippen molar-refractivity contribution in [3.05, 3.63) is 29.3 Å². The lowest BCUT2D eigenvalue weighted by molar-refractivity contribution is -0.147. The minimum absolute atomic E-state index is 0.102. The Kier molecular flexibility index (Phi) is 4.94. The summed E-state index contributed by atoms with van der Waals surface area (Å²) in [4.78, 5) is 21.8. The van der Waals surface area contributed by atoms with E-state index in [4.69, 9.17) is 5.11 Å². The molecule has 1 rings (SSSR count). The van der Waals surface area contributed by atoms with E-state index >= 15 is 0 Å². The molecular formula is C12H12F2O5. The standard InChI is InChI=1S/C12H12F2O5/c1-6(15)5-7-3-2-4-8(9(16)11(17)18)10(7)19-12(13)14/h2-4,9,12,16H,5H2,1H3,(H,17,18). The SMILES string of the molecule is CC(=O)Cc1cccc(C(O)C(=O)O)c1OC(F)F. The fourth-order valence-corrected chi connectivity index (χ4v) is 1.59. The average Bonchev–Trinajstić information content (AvgIpc) is 2.29. The molecule has 1 unspecified atom stereocenters. The number of aliphatic hydroxyl groups excluding tert-OH is 1. The van der Waals surface area contributed by atoms with Crippen molar-refractivity contribution < 1.29 is 33.3 Å². The summed E-state index contributed by atoms with van der Waals surface area (Å²) in [7, 11) is 0. The van der Waals surface area contributed by atoms with Gasteiger partial charge < -0.3 is 14.9 Å². The van der Waals surface area contributed by atoms with E-state index in [-0.39, 0.29) is 23.3 Å². The van der Waals surface area contributed by atoms with Crippen LogP contribution < -0.4 is 4.74 Å². The summed E-state index contributed by atoms with van der Waals surface area (Å²) >= 11 is 0. The summed E-state index contributed by atoms with van der Waals surface area (Å²) in [5, 5.41) is 18.1. The topological polar surface area (TPSA) is 83.8 Å². The summed E-state index contributed by atoms with van der Waals surface area (Å²) < 4.78 is 28.9. The van der Waals surface area contributed by atoms with Crippen molar-refractivity contribution in [2.45, 2.75) is 26.1 Å². The van der Waals surface area contributed by atoms with Gasteiger partial charge in [-0.1, -0.05) is 18.2 Å². The average molecular weight is 274 g/mol. The van der Waals surface area contributed by atoms with Crippen molar-refractivity contribution in [1.29, 1.82) is 0 Å². The number of halogens is 2. The van der Waals surface area contributed by atoms with Gasteiger partial charge in [-0.2, -0.15) is 8.78 Å².